The first-order chi connectivity index (χ1) is 9.72. The molecule has 2 bridgehead atoms. The van der Waals surface area contributed by atoms with Crippen molar-refractivity contribution in [3.63, 3.8) is 0 Å². The molecule has 1 aromatic carbocycles. The van der Waals surface area contributed by atoms with Crippen LogP contribution < -0.4 is 0 Å². The Morgan fingerprint density at radius 1 is 1.20 bits per heavy atom. The van der Waals surface area contributed by atoms with Crippen LogP contribution in [0.3, 0.4) is 0 Å². The van der Waals surface area contributed by atoms with Crippen LogP contribution in [0.25, 0.3) is 0 Å². The van der Waals surface area contributed by atoms with Gasteiger partial charge in [-0.05, 0) is 45.1 Å². The van der Waals surface area contributed by atoms with Crippen LogP contribution in [0.2, 0.25) is 0 Å². The van der Waals surface area contributed by atoms with Crippen molar-refractivity contribution in [2.24, 2.45) is 0 Å². The SMILES string of the molecule is CC(C)=CCC1=CC2CCC(C1)N2Cc1ccccc1. The molecule has 2 aliphatic heterocycles. The van der Waals surface area contributed by atoms with Gasteiger partial charge < -0.3 is 0 Å². The monoisotopic (exact) mass is 267 g/mol. The third-order valence-electron chi connectivity index (χ3n) is 4.60. The van der Waals surface area contributed by atoms with Gasteiger partial charge in [0.25, 0.3) is 0 Å². The lowest BCUT2D eigenvalue weighted by molar-refractivity contribution is 0.195. The summed E-state index contributed by atoms with van der Waals surface area (Å²) in [5.41, 5.74) is 4.54. The van der Waals surface area contributed by atoms with Crippen molar-refractivity contribution in [1.29, 1.82) is 0 Å². The average Bonchev–Trinajstić information content (AvgIpc) is 2.69. The molecular weight excluding hydrogens is 242 g/mol. The van der Waals surface area contributed by atoms with Crippen LogP contribution in [0.15, 0.2) is 53.6 Å². The van der Waals surface area contributed by atoms with Gasteiger partial charge >= 0.3 is 0 Å². The molecule has 0 aliphatic carbocycles. The molecule has 2 atom stereocenters. The lowest BCUT2D eigenvalue weighted by Crippen LogP contribution is -2.37. The smallest absolute Gasteiger partial charge is 0.0288 e. The van der Waals surface area contributed by atoms with Crippen LogP contribution in [0, 0.1) is 0 Å². The van der Waals surface area contributed by atoms with Crippen molar-refractivity contribution >= 4 is 0 Å². The van der Waals surface area contributed by atoms with E-state index in [9.17, 15) is 0 Å². The Kier molecular flexibility index (Phi) is 4.07. The first-order valence-corrected chi connectivity index (χ1v) is 7.85. The van der Waals surface area contributed by atoms with E-state index in [2.05, 4.69) is 61.2 Å². The fourth-order valence-corrected chi connectivity index (χ4v) is 3.53. The standard InChI is InChI=1S/C19H25N/c1-15(2)8-9-17-12-18-10-11-19(13-17)20(18)14-16-6-4-3-5-7-16/h3-8,12,18-19H,9-11,13-14H2,1-2H3. The lowest BCUT2D eigenvalue weighted by Gasteiger charge is -2.34. The Morgan fingerprint density at radius 2 is 2.00 bits per heavy atom. The summed E-state index contributed by atoms with van der Waals surface area (Å²) in [4.78, 5) is 2.71. The molecule has 2 aliphatic rings. The van der Waals surface area contributed by atoms with Crippen LogP contribution in [-0.4, -0.2) is 17.0 Å². The molecule has 1 saturated heterocycles. The zero-order valence-corrected chi connectivity index (χ0v) is 12.7. The third-order valence-corrected chi connectivity index (χ3v) is 4.60. The van der Waals surface area contributed by atoms with Crippen molar-refractivity contribution in [2.75, 3.05) is 0 Å². The zero-order valence-electron chi connectivity index (χ0n) is 12.7. The molecule has 106 valence electrons. The second-order valence-corrected chi connectivity index (χ2v) is 6.47. The molecule has 1 fully saturated rings. The number of fused-ring (bicyclic) bond motifs is 2. The Labute approximate surface area is 123 Å². The average molecular weight is 267 g/mol. The van der Waals surface area contributed by atoms with Gasteiger partial charge in [-0.25, -0.2) is 0 Å². The lowest BCUT2D eigenvalue weighted by atomic mass is 9.97. The first kappa shape index (κ1) is 13.6. The quantitative estimate of drug-likeness (QED) is 0.714. The van der Waals surface area contributed by atoms with Gasteiger partial charge in [-0.3, -0.25) is 4.90 Å². The molecule has 0 N–H and O–H groups in total. The molecular formula is C19H25N. The number of benzene rings is 1. The number of hydrogen-bond donors (Lipinski definition) is 0. The molecule has 0 saturated carbocycles. The maximum atomic E-state index is 2.71. The third kappa shape index (κ3) is 3.04. The fraction of sp³-hybridized carbons (Fsp3) is 0.474. The maximum absolute atomic E-state index is 2.71. The first-order valence-electron chi connectivity index (χ1n) is 7.85. The second kappa shape index (κ2) is 5.97. The van der Waals surface area contributed by atoms with Crippen LogP contribution in [0.5, 0.6) is 0 Å². The molecule has 1 nitrogen and oxygen atoms in total. The molecule has 3 rings (SSSR count). The second-order valence-electron chi connectivity index (χ2n) is 6.47. The minimum Gasteiger partial charge on any atom is -0.289 e. The highest BCUT2D eigenvalue weighted by Gasteiger charge is 2.35. The molecule has 1 heteroatoms. The summed E-state index contributed by atoms with van der Waals surface area (Å²) in [6, 6.07) is 12.4. The summed E-state index contributed by atoms with van der Waals surface area (Å²) >= 11 is 0. The van der Waals surface area contributed by atoms with E-state index in [0.717, 1.165) is 19.0 Å². The molecule has 0 spiro atoms. The fourth-order valence-electron chi connectivity index (χ4n) is 3.53. The number of nitrogens with zero attached hydrogens (tertiary/aromatic N) is 1. The summed E-state index contributed by atoms with van der Waals surface area (Å²) in [5.74, 6) is 0. The van der Waals surface area contributed by atoms with Gasteiger partial charge in [-0.1, -0.05) is 53.6 Å². The van der Waals surface area contributed by atoms with Crippen molar-refractivity contribution in [2.45, 2.75) is 58.2 Å². The van der Waals surface area contributed by atoms with Gasteiger partial charge in [-0.2, -0.15) is 0 Å². The van der Waals surface area contributed by atoms with Gasteiger partial charge in [0, 0.05) is 18.6 Å². The number of hydrogen-bond acceptors (Lipinski definition) is 1. The van der Waals surface area contributed by atoms with E-state index in [1.54, 1.807) is 5.57 Å². The van der Waals surface area contributed by atoms with Gasteiger partial charge in [0.1, 0.15) is 0 Å². The molecule has 0 radical (unpaired) electrons. The van der Waals surface area contributed by atoms with E-state index in [4.69, 9.17) is 0 Å². The minimum absolute atomic E-state index is 0.675. The molecule has 1 aromatic rings. The van der Waals surface area contributed by atoms with Crippen LogP contribution in [0.4, 0.5) is 0 Å². The Morgan fingerprint density at radius 3 is 2.70 bits per heavy atom. The van der Waals surface area contributed by atoms with E-state index >= 15 is 0 Å². The highest BCUT2D eigenvalue weighted by atomic mass is 15.2. The number of rotatable bonds is 4. The zero-order chi connectivity index (χ0) is 13.9. The summed E-state index contributed by atoms with van der Waals surface area (Å²) in [7, 11) is 0. The summed E-state index contributed by atoms with van der Waals surface area (Å²) in [6.45, 7) is 5.50. The predicted molar refractivity (Wildman–Crippen MR) is 85.5 cm³/mol. The summed E-state index contributed by atoms with van der Waals surface area (Å²) < 4.78 is 0. The highest BCUT2D eigenvalue weighted by Crippen LogP contribution is 2.37. The molecule has 0 amide bonds. The van der Waals surface area contributed by atoms with Gasteiger partial charge in [0.15, 0.2) is 0 Å². The number of allylic oxidation sites excluding steroid dienone is 2. The van der Waals surface area contributed by atoms with E-state index in [1.807, 2.05) is 0 Å². The van der Waals surface area contributed by atoms with Gasteiger partial charge in [0.2, 0.25) is 0 Å². The molecule has 2 heterocycles. The minimum atomic E-state index is 0.675. The molecule has 2 unspecified atom stereocenters. The van der Waals surface area contributed by atoms with Gasteiger partial charge in [0.05, 0.1) is 0 Å². The van der Waals surface area contributed by atoms with Gasteiger partial charge in [-0.15, -0.1) is 0 Å². The van der Waals surface area contributed by atoms with Crippen LogP contribution >= 0.6 is 0 Å². The highest BCUT2D eigenvalue weighted by molar-refractivity contribution is 5.23. The van der Waals surface area contributed by atoms with Crippen molar-refractivity contribution in [3.05, 3.63) is 59.2 Å². The molecule has 0 aromatic heterocycles. The van der Waals surface area contributed by atoms with Crippen molar-refractivity contribution < 1.29 is 0 Å². The largest absolute Gasteiger partial charge is 0.289 e. The molecule has 20 heavy (non-hydrogen) atoms. The van der Waals surface area contributed by atoms with E-state index in [0.29, 0.717) is 6.04 Å². The van der Waals surface area contributed by atoms with Crippen molar-refractivity contribution in [3.8, 4) is 0 Å². The normalized spacial score (nSPS) is 25.4. The van der Waals surface area contributed by atoms with E-state index in [1.165, 1.54) is 30.4 Å². The van der Waals surface area contributed by atoms with Crippen LogP contribution in [0.1, 0.15) is 45.1 Å². The Hall–Kier alpha value is -1.34. The Bertz CT molecular complexity index is 508. The van der Waals surface area contributed by atoms with Crippen molar-refractivity contribution in [1.82, 2.24) is 4.90 Å². The summed E-state index contributed by atoms with van der Waals surface area (Å²) in [6.07, 6.45) is 10.1. The maximum Gasteiger partial charge on any atom is 0.0288 e. The topological polar surface area (TPSA) is 3.24 Å². The summed E-state index contributed by atoms with van der Waals surface area (Å²) in [5, 5.41) is 0. The van der Waals surface area contributed by atoms with E-state index in [-0.39, 0.29) is 0 Å². The van der Waals surface area contributed by atoms with E-state index < -0.39 is 0 Å². The van der Waals surface area contributed by atoms with Crippen LogP contribution in [-0.2, 0) is 6.54 Å². The predicted octanol–water partition coefficient (Wildman–Crippen LogP) is 4.71. The Balaban J connectivity index is 1.69.